The van der Waals surface area contributed by atoms with Gasteiger partial charge in [0.05, 0.1) is 6.54 Å². The molecular weight excluding hydrogens is 352 g/mol. The number of hydrazine groups is 1. The fourth-order valence-corrected chi connectivity index (χ4v) is 2.96. The van der Waals surface area contributed by atoms with Crippen LogP contribution in [0.15, 0.2) is 48.5 Å². The summed E-state index contributed by atoms with van der Waals surface area (Å²) < 4.78 is 0. The second-order valence-corrected chi connectivity index (χ2v) is 6.88. The van der Waals surface area contributed by atoms with Gasteiger partial charge in [-0.2, -0.15) is 0 Å². The van der Waals surface area contributed by atoms with Gasteiger partial charge in [-0.1, -0.05) is 29.8 Å². The van der Waals surface area contributed by atoms with E-state index in [4.69, 9.17) is 0 Å². The minimum absolute atomic E-state index is 0.190. The number of hydrogen-bond donors (Lipinski definition) is 2. The largest absolute Gasteiger partial charge is 0.372 e. The smallest absolute Gasteiger partial charge is 0.269 e. The summed E-state index contributed by atoms with van der Waals surface area (Å²) in [6.07, 6.45) is 0. The van der Waals surface area contributed by atoms with Crippen molar-refractivity contribution in [3.8, 4) is 0 Å². The van der Waals surface area contributed by atoms with Crippen molar-refractivity contribution in [2.75, 3.05) is 31.6 Å². The Morgan fingerprint density at radius 1 is 0.893 bits per heavy atom. The molecule has 0 radical (unpaired) electrons. The lowest BCUT2D eigenvalue weighted by atomic mass is 10.1. The SMILES string of the molecule is CCN(CC)c1ccc(C(=O)NNC(=O)CN(C)Cc2ccc(C)cc2)cc1. The highest BCUT2D eigenvalue weighted by Crippen LogP contribution is 2.14. The van der Waals surface area contributed by atoms with Crippen LogP contribution in [0.5, 0.6) is 0 Å². The molecule has 2 aromatic rings. The molecule has 0 fully saturated rings. The molecule has 6 nitrogen and oxygen atoms in total. The standard InChI is InChI=1S/C22H30N4O2/c1-5-26(6-2)20-13-11-19(12-14-20)22(28)24-23-21(27)16-25(4)15-18-9-7-17(3)8-10-18/h7-14H,5-6,15-16H2,1-4H3,(H,23,27)(H,24,28). The number of carbonyl (C=O) groups excluding carboxylic acids is 2. The van der Waals surface area contributed by atoms with Crippen LogP contribution >= 0.6 is 0 Å². The molecule has 0 saturated heterocycles. The Hall–Kier alpha value is -2.86. The van der Waals surface area contributed by atoms with Crippen LogP contribution in [0.2, 0.25) is 0 Å². The second kappa shape index (κ2) is 10.5. The van der Waals surface area contributed by atoms with Crippen molar-refractivity contribution in [3.05, 3.63) is 65.2 Å². The molecule has 2 amide bonds. The number of benzene rings is 2. The minimum Gasteiger partial charge on any atom is -0.372 e. The highest BCUT2D eigenvalue weighted by atomic mass is 16.2. The van der Waals surface area contributed by atoms with Gasteiger partial charge in [-0.25, -0.2) is 0 Å². The molecule has 150 valence electrons. The zero-order valence-corrected chi connectivity index (χ0v) is 17.2. The zero-order chi connectivity index (χ0) is 20.5. The maximum Gasteiger partial charge on any atom is 0.269 e. The van der Waals surface area contributed by atoms with E-state index in [0.717, 1.165) is 24.3 Å². The summed E-state index contributed by atoms with van der Waals surface area (Å²) in [5.41, 5.74) is 8.87. The van der Waals surface area contributed by atoms with Crippen LogP contribution in [0, 0.1) is 6.92 Å². The lowest BCUT2D eigenvalue weighted by Gasteiger charge is -2.21. The Labute approximate surface area is 167 Å². The zero-order valence-electron chi connectivity index (χ0n) is 17.2. The molecule has 0 saturated carbocycles. The van der Waals surface area contributed by atoms with Crippen LogP contribution in [0.1, 0.15) is 35.3 Å². The van der Waals surface area contributed by atoms with Gasteiger partial charge in [-0.15, -0.1) is 0 Å². The molecule has 0 spiro atoms. The van der Waals surface area contributed by atoms with Gasteiger partial charge in [0.2, 0.25) is 0 Å². The fourth-order valence-electron chi connectivity index (χ4n) is 2.96. The summed E-state index contributed by atoms with van der Waals surface area (Å²) in [6, 6.07) is 15.6. The quantitative estimate of drug-likeness (QED) is 0.689. The van der Waals surface area contributed by atoms with Crippen LogP contribution in [0.3, 0.4) is 0 Å². The summed E-state index contributed by atoms with van der Waals surface area (Å²) in [5, 5.41) is 0. The van der Waals surface area contributed by atoms with Crippen molar-refractivity contribution in [1.82, 2.24) is 15.8 Å². The molecular formula is C22H30N4O2. The predicted molar refractivity (Wildman–Crippen MR) is 113 cm³/mol. The topological polar surface area (TPSA) is 64.7 Å². The van der Waals surface area contributed by atoms with Crippen molar-refractivity contribution >= 4 is 17.5 Å². The lowest BCUT2D eigenvalue weighted by Crippen LogP contribution is -2.45. The van der Waals surface area contributed by atoms with Gasteiger partial charge in [0.15, 0.2) is 0 Å². The maximum atomic E-state index is 12.2. The number of hydrogen-bond acceptors (Lipinski definition) is 4. The number of aryl methyl sites for hydroxylation is 1. The fraction of sp³-hybridized carbons (Fsp3) is 0.364. The number of anilines is 1. The van der Waals surface area contributed by atoms with Gasteiger partial charge in [0.25, 0.3) is 11.8 Å². The Balaban J connectivity index is 1.79. The maximum absolute atomic E-state index is 12.2. The van der Waals surface area contributed by atoms with Gasteiger partial charge in [-0.05, 0) is 57.6 Å². The number of carbonyl (C=O) groups is 2. The first-order chi connectivity index (χ1) is 13.4. The van der Waals surface area contributed by atoms with Crippen molar-refractivity contribution in [3.63, 3.8) is 0 Å². The summed E-state index contributed by atoms with van der Waals surface area (Å²) in [7, 11) is 1.87. The van der Waals surface area contributed by atoms with Crippen molar-refractivity contribution < 1.29 is 9.59 Å². The number of likely N-dealkylation sites (N-methyl/N-ethyl adjacent to an activating group) is 1. The second-order valence-electron chi connectivity index (χ2n) is 6.88. The van der Waals surface area contributed by atoms with E-state index in [2.05, 4.69) is 41.7 Å². The van der Waals surface area contributed by atoms with Crippen molar-refractivity contribution in [2.24, 2.45) is 0 Å². The van der Waals surface area contributed by atoms with E-state index in [-0.39, 0.29) is 18.4 Å². The minimum atomic E-state index is -0.333. The first-order valence-electron chi connectivity index (χ1n) is 9.61. The molecule has 0 unspecified atom stereocenters. The summed E-state index contributed by atoms with van der Waals surface area (Å²) in [5.74, 6) is -0.594. The third kappa shape index (κ3) is 6.39. The normalized spacial score (nSPS) is 10.6. The third-order valence-corrected chi connectivity index (χ3v) is 4.56. The average molecular weight is 383 g/mol. The Morgan fingerprint density at radius 3 is 2.07 bits per heavy atom. The Kier molecular flexibility index (Phi) is 8.02. The summed E-state index contributed by atoms with van der Waals surface area (Å²) in [6.45, 7) is 8.90. The highest BCUT2D eigenvalue weighted by molar-refractivity contribution is 5.95. The van der Waals surface area contributed by atoms with E-state index in [9.17, 15) is 9.59 Å². The van der Waals surface area contributed by atoms with Crippen LogP contribution < -0.4 is 15.8 Å². The molecule has 0 aromatic heterocycles. The number of amides is 2. The lowest BCUT2D eigenvalue weighted by molar-refractivity contribution is -0.122. The van der Waals surface area contributed by atoms with Crippen molar-refractivity contribution in [1.29, 1.82) is 0 Å². The van der Waals surface area contributed by atoms with Gasteiger partial charge in [0.1, 0.15) is 0 Å². The van der Waals surface area contributed by atoms with Crippen LogP contribution in [0.25, 0.3) is 0 Å². The van der Waals surface area contributed by atoms with E-state index >= 15 is 0 Å². The molecule has 0 atom stereocenters. The molecule has 2 N–H and O–H groups in total. The Morgan fingerprint density at radius 2 is 1.50 bits per heavy atom. The van der Waals surface area contributed by atoms with E-state index in [1.54, 1.807) is 12.1 Å². The number of rotatable bonds is 8. The molecule has 0 bridgehead atoms. The van der Waals surface area contributed by atoms with E-state index in [0.29, 0.717) is 12.1 Å². The summed E-state index contributed by atoms with van der Waals surface area (Å²) >= 11 is 0. The molecule has 0 aliphatic heterocycles. The van der Waals surface area contributed by atoms with Crippen LogP contribution in [-0.4, -0.2) is 43.4 Å². The molecule has 6 heteroatoms. The van der Waals surface area contributed by atoms with Gasteiger partial charge in [-0.3, -0.25) is 25.3 Å². The van der Waals surface area contributed by atoms with E-state index in [1.165, 1.54) is 5.56 Å². The molecule has 0 aliphatic rings. The predicted octanol–water partition coefficient (Wildman–Crippen LogP) is 2.73. The molecule has 0 aliphatic carbocycles. The van der Waals surface area contributed by atoms with Crippen molar-refractivity contribution in [2.45, 2.75) is 27.3 Å². The van der Waals surface area contributed by atoms with Gasteiger partial charge < -0.3 is 4.90 Å². The average Bonchev–Trinajstić information content (AvgIpc) is 2.69. The Bertz CT molecular complexity index is 768. The molecule has 28 heavy (non-hydrogen) atoms. The third-order valence-electron chi connectivity index (χ3n) is 4.56. The molecule has 2 aromatic carbocycles. The first kappa shape index (κ1) is 21.4. The van der Waals surface area contributed by atoms with Crippen LogP contribution in [-0.2, 0) is 11.3 Å². The highest BCUT2D eigenvalue weighted by Gasteiger charge is 2.11. The number of nitrogens with zero attached hydrogens (tertiary/aromatic N) is 2. The monoisotopic (exact) mass is 382 g/mol. The first-order valence-corrected chi connectivity index (χ1v) is 9.61. The summed E-state index contributed by atoms with van der Waals surface area (Å²) in [4.78, 5) is 28.4. The van der Waals surface area contributed by atoms with Crippen LogP contribution in [0.4, 0.5) is 5.69 Å². The van der Waals surface area contributed by atoms with Gasteiger partial charge in [0, 0.05) is 30.9 Å². The number of nitrogens with one attached hydrogen (secondary N) is 2. The van der Waals surface area contributed by atoms with E-state index < -0.39 is 0 Å². The molecule has 2 rings (SSSR count). The van der Waals surface area contributed by atoms with E-state index in [1.807, 2.05) is 43.1 Å². The van der Waals surface area contributed by atoms with Gasteiger partial charge >= 0.3 is 0 Å². The molecule has 0 heterocycles.